The number of anilines is 4. The minimum atomic E-state index is -0.803. The zero-order chi connectivity index (χ0) is 55.9. The lowest BCUT2D eigenvalue weighted by molar-refractivity contribution is -0.141. The number of aliphatic hydroxyl groups is 1. The number of phenolic OH excluding ortho intramolecular Hbond substituents is 1. The number of aromatic hydroxyl groups is 1. The van der Waals surface area contributed by atoms with Crippen LogP contribution in [0.3, 0.4) is 0 Å². The monoisotopic (exact) mass is 1120 g/mol. The predicted molar refractivity (Wildman–Crippen MR) is 311 cm³/mol. The fraction of sp³-hybridized carbons (Fsp3) is 0.525. The summed E-state index contributed by atoms with van der Waals surface area (Å²) >= 11 is 1.60. The smallest absolute Gasteiger partial charge is 0.243 e. The quantitative estimate of drug-likeness (QED) is 0.0679. The van der Waals surface area contributed by atoms with E-state index in [1.807, 2.05) is 87.9 Å². The summed E-state index contributed by atoms with van der Waals surface area (Å²) in [4.78, 5) is 49.6. The first-order valence-electron chi connectivity index (χ1n) is 29.2. The van der Waals surface area contributed by atoms with E-state index in [1.165, 1.54) is 4.90 Å². The van der Waals surface area contributed by atoms with Gasteiger partial charge in [0.2, 0.25) is 17.7 Å². The number of rotatable bonds is 17. The third kappa shape index (κ3) is 11.8. The molecule has 6 fully saturated rings. The number of likely N-dealkylation sites (tertiary alicyclic amines) is 2. The van der Waals surface area contributed by atoms with Crippen molar-refractivity contribution < 1.29 is 33.8 Å². The van der Waals surface area contributed by atoms with E-state index in [2.05, 4.69) is 62.4 Å². The van der Waals surface area contributed by atoms with Crippen LogP contribution in [0.1, 0.15) is 108 Å². The maximum absolute atomic E-state index is 14.4. The number of nitrogen functional groups attached to an aromatic ring is 1. The number of para-hydroxylation sites is 1. The molecule has 5 saturated heterocycles. The summed E-state index contributed by atoms with van der Waals surface area (Å²) in [5.74, 6) is 1.72. The molecule has 4 aromatic heterocycles. The van der Waals surface area contributed by atoms with Crippen LogP contribution in [0.4, 0.5) is 23.0 Å². The Morgan fingerprint density at radius 3 is 2.31 bits per heavy atom. The summed E-state index contributed by atoms with van der Waals surface area (Å²) in [5.41, 5.74) is 14.5. The van der Waals surface area contributed by atoms with Gasteiger partial charge in [0.1, 0.15) is 23.8 Å². The number of nitrogens with two attached hydrogens (primary N) is 1. The average Bonchev–Trinajstić information content (AvgIpc) is 4.28. The number of piperazine rings is 1. The number of pyridine rings is 1. The third-order valence-corrected chi connectivity index (χ3v) is 18.9. The molecule has 2 unspecified atom stereocenters. The Bertz CT molecular complexity index is 3140. The van der Waals surface area contributed by atoms with Crippen molar-refractivity contribution in [3.63, 3.8) is 0 Å². The number of benzene rings is 2. The molecule has 428 valence electrons. The molecule has 6 atom stereocenters. The molecule has 5 aliphatic heterocycles. The lowest BCUT2D eigenvalue weighted by Gasteiger charge is -2.43. The number of ether oxygens (including phenoxy) is 2. The molecule has 6 aliphatic rings. The molecule has 20 heteroatoms. The van der Waals surface area contributed by atoms with E-state index >= 15 is 0 Å². The number of piperidine rings is 2. The van der Waals surface area contributed by atoms with E-state index < -0.39 is 18.1 Å². The van der Waals surface area contributed by atoms with Gasteiger partial charge < -0.3 is 59.8 Å². The number of thiazole rings is 1. The van der Waals surface area contributed by atoms with Crippen molar-refractivity contribution in [1.82, 2.24) is 40.4 Å². The topological polar surface area (TPSA) is 225 Å². The molecule has 2 aromatic carbocycles. The number of fused-ring (bicyclic) bond motifs is 2. The van der Waals surface area contributed by atoms with Gasteiger partial charge in [-0.3, -0.25) is 9.59 Å². The number of amides is 2. The van der Waals surface area contributed by atoms with Crippen molar-refractivity contribution in [2.24, 2.45) is 11.8 Å². The summed E-state index contributed by atoms with van der Waals surface area (Å²) < 4.78 is 19.1. The second-order valence-electron chi connectivity index (χ2n) is 23.8. The Balaban J connectivity index is 0.564. The number of aryl methyl sites for hydroxylation is 1. The molecule has 12 rings (SSSR count). The summed E-state index contributed by atoms with van der Waals surface area (Å²) in [7, 11) is 0. The van der Waals surface area contributed by atoms with Crippen LogP contribution in [-0.4, -0.2) is 152 Å². The predicted octanol–water partition coefficient (Wildman–Crippen LogP) is 7.99. The standard InChI is InChI=1S/C61H76N12O7S/c1-36(2)57(61(77)72-34-45(74)26-52(72)60(76)65-37(3)40-9-11-41(12-10-40)58-38(4)64-35-81-58)54-30-55(68-80-54)70-23-16-39(17-24-70)31-69-21-18-46(19-22-69)78-47-27-48(28-47)79-56-25-42(15-20-63-56)73-43-13-14-44(73)33-71(32-43)51-29-50(66-67-59(51)62)49-7-5-6-8-53(49)75/h5-12,15,20,25,29-30,35-37,39,43-48,52,57,74-75H,13-14,16-19,21-24,26-28,31-34H2,1-4H3,(H2,62,67)(H,65,76)/t37-,43?,44?,45+,47-,48-,52-,57-/m0/s1. The van der Waals surface area contributed by atoms with Crippen LogP contribution < -0.4 is 30.5 Å². The van der Waals surface area contributed by atoms with Crippen molar-refractivity contribution in [3.05, 3.63) is 102 Å². The van der Waals surface area contributed by atoms with Gasteiger partial charge in [-0.05, 0) is 99.6 Å². The number of nitrogens with one attached hydrogen (secondary N) is 1. The highest BCUT2D eigenvalue weighted by Gasteiger charge is 2.45. The zero-order valence-corrected chi connectivity index (χ0v) is 47.7. The molecule has 2 bridgehead atoms. The van der Waals surface area contributed by atoms with Gasteiger partial charge in [0.15, 0.2) is 17.4 Å². The van der Waals surface area contributed by atoms with Crippen LogP contribution in [0, 0.1) is 18.8 Å². The molecule has 1 saturated carbocycles. The lowest BCUT2D eigenvalue weighted by atomic mass is 9.91. The first kappa shape index (κ1) is 54.7. The average molecular weight is 1120 g/mol. The van der Waals surface area contributed by atoms with Crippen molar-refractivity contribution in [3.8, 4) is 33.3 Å². The summed E-state index contributed by atoms with van der Waals surface area (Å²) in [6.45, 7) is 14.4. The minimum Gasteiger partial charge on any atom is -0.507 e. The van der Waals surface area contributed by atoms with E-state index in [0.29, 0.717) is 46.7 Å². The maximum Gasteiger partial charge on any atom is 0.243 e. The molecule has 0 spiro atoms. The Morgan fingerprint density at radius 2 is 1.59 bits per heavy atom. The van der Waals surface area contributed by atoms with Crippen molar-refractivity contribution in [2.45, 2.75) is 140 Å². The fourth-order valence-corrected chi connectivity index (χ4v) is 14.2. The van der Waals surface area contributed by atoms with Crippen molar-refractivity contribution >= 4 is 46.2 Å². The highest BCUT2D eigenvalue weighted by molar-refractivity contribution is 7.13. The van der Waals surface area contributed by atoms with E-state index in [0.717, 1.165) is 136 Å². The van der Waals surface area contributed by atoms with Crippen LogP contribution in [0.5, 0.6) is 11.6 Å². The molecule has 81 heavy (non-hydrogen) atoms. The van der Waals surface area contributed by atoms with Gasteiger partial charge in [-0.1, -0.05) is 55.4 Å². The number of hydrogen-bond donors (Lipinski definition) is 4. The van der Waals surface area contributed by atoms with Crippen LogP contribution in [0.15, 0.2) is 89.0 Å². The summed E-state index contributed by atoms with van der Waals surface area (Å²) in [6, 6.07) is 22.8. The maximum atomic E-state index is 14.4. The van der Waals surface area contributed by atoms with E-state index in [-0.39, 0.29) is 60.8 Å². The number of phenols is 1. The fourth-order valence-electron chi connectivity index (χ4n) is 13.4. The van der Waals surface area contributed by atoms with Gasteiger partial charge in [-0.25, -0.2) is 9.97 Å². The number of hydrogen-bond acceptors (Lipinski definition) is 18. The van der Waals surface area contributed by atoms with Crippen LogP contribution in [0.25, 0.3) is 21.7 Å². The van der Waals surface area contributed by atoms with Gasteiger partial charge >= 0.3 is 0 Å². The van der Waals surface area contributed by atoms with Gasteiger partial charge in [-0.15, -0.1) is 21.5 Å². The molecular formula is C61H76N12O7S. The van der Waals surface area contributed by atoms with E-state index in [4.69, 9.17) is 19.7 Å². The van der Waals surface area contributed by atoms with Crippen molar-refractivity contribution in [1.29, 1.82) is 0 Å². The second kappa shape index (κ2) is 23.5. The minimum absolute atomic E-state index is 0.0845. The number of nitrogens with zero attached hydrogens (tertiary/aromatic N) is 10. The Morgan fingerprint density at radius 1 is 0.840 bits per heavy atom. The van der Waals surface area contributed by atoms with E-state index in [1.54, 1.807) is 23.5 Å². The lowest BCUT2D eigenvalue weighted by Crippen LogP contribution is -2.54. The molecule has 0 radical (unpaired) electrons. The number of aromatic nitrogens is 5. The van der Waals surface area contributed by atoms with Gasteiger partial charge in [0, 0.05) is 113 Å². The molecule has 9 heterocycles. The molecule has 19 nitrogen and oxygen atoms in total. The largest absolute Gasteiger partial charge is 0.507 e. The third-order valence-electron chi connectivity index (χ3n) is 17.9. The summed E-state index contributed by atoms with van der Waals surface area (Å²) in [6.07, 6.45) is 9.84. The molecule has 6 aromatic rings. The normalized spacial score (nSPS) is 24.4. The summed E-state index contributed by atoms with van der Waals surface area (Å²) in [5, 5.41) is 37.5. The van der Waals surface area contributed by atoms with Gasteiger partial charge in [-0.2, -0.15) is 0 Å². The Hall–Kier alpha value is -6.87. The number of aliphatic hydroxyl groups excluding tert-OH is 1. The Kier molecular flexibility index (Phi) is 15.9. The Labute approximate surface area is 477 Å². The highest BCUT2D eigenvalue weighted by Crippen LogP contribution is 2.41. The zero-order valence-electron chi connectivity index (χ0n) is 46.8. The molecule has 5 N–H and O–H groups in total. The number of carbonyl (C=O) groups excluding carboxylic acids is 2. The molecule has 2 amide bonds. The second-order valence-corrected chi connectivity index (χ2v) is 24.6. The number of β-amino-alcohol motifs (C(OH)–C–C–N with tert-alkyl or cyclic N) is 1. The van der Waals surface area contributed by atoms with Crippen LogP contribution in [-0.2, 0) is 14.3 Å². The van der Waals surface area contributed by atoms with Crippen LogP contribution >= 0.6 is 11.3 Å². The molecular weight excluding hydrogens is 1040 g/mol. The van der Waals surface area contributed by atoms with E-state index in [9.17, 15) is 19.8 Å². The number of carbonyl (C=O) groups is 2. The van der Waals surface area contributed by atoms with Crippen LogP contribution in [0.2, 0.25) is 0 Å². The van der Waals surface area contributed by atoms with Gasteiger partial charge in [0.05, 0.1) is 51.8 Å². The highest BCUT2D eigenvalue weighted by atomic mass is 32.1. The SMILES string of the molecule is Cc1ncsc1-c1ccc([C@H](C)NC(=O)[C@@H]2C[C@@H](O)CN2C(=O)[C@H](c2cc(N3CCC(CN4CCC(O[C@H]5C[C@H](Oc6cc(N7C8CCC7CN(c7cc(-c9ccccc9O)nnc7N)C8)ccn6)C5)CC4)CC3)no2)C(C)C)cc1. The van der Waals surface area contributed by atoms with Crippen molar-refractivity contribution in [2.75, 3.05) is 72.8 Å². The first-order chi connectivity index (χ1) is 39.3. The van der Waals surface area contributed by atoms with Gasteiger partial charge in [0.25, 0.3) is 0 Å². The molecule has 1 aliphatic carbocycles. The first-order valence-corrected chi connectivity index (χ1v) is 30.1.